The maximum atomic E-state index is 12.3. The summed E-state index contributed by atoms with van der Waals surface area (Å²) in [5.74, 6) is -0.855. The molecule has 19 heavy (non-hydrogen) atoms. The van der Waals surface area contributed by atoms with Crippen LogP contribution in [0.4, 0.5) is 0 Å². The zero-order chi connectivity index (χ0) is 14.6. The molecule has 0 aromatic carbocycles. The van der Waals surface area contributed by atoms with E-state index < -0.39 is 5.97 Å². The molecular formula is C14H26N2O3. The van der Waals surface area contributed by atoms with E-state index in [1.807, 2.05) is 13.8 Å². The maximum Gasteiger partial charge on any atom is 0.305 e. The molecular weight excluding hydrogens is 244 g/mol. The first-order valence-electron chi connectivity index (χ1n) is 6.99. The summed E-state index contributed by atoms with van der Waals surface area (Å²) in [5.41, 5.74) is -0.0902. The maximum absolute atomic E-state index is 12.3. The third-order valence-corrected chi connectivity index (χ3v) is 3.92. The Hall–Kier alpha value is -1.10. The fourth-order valence-electron chi connectivity index (χ4n) is 2.57. The van der Waals surface area contributed by atoms with Crippen molar-refractivity contribution in [2.75, 3.05) is 6.54 Å². The summed E-state index contributed by atoms with van der Waals surface area (Å²) in [6.45, 7) is 8.84. The number of carbonyl (C=O) groups excluding carboxylic acids is 1. The van der Waals surface area contributed by atoms with Crippen LogP contribution < -0.4 is 10.6 Å². The lowest BCUT2D eigenvalue weighted by Gasteiger charge is -2.39. The van der Waals surface area contributed by atoms with Gasteiger partial charge in [0.05, 0.1) is 12.5 Å². The first kappa shape index (κ1) is 16.0. The molecule has 0 spiro atoms. The monoisotopic (exact) mass is 270 g/mol. The highest BCUT2D eigenvalue weighted by molar-refractivity contribution is 5.83. The molecule has 0 radical (unpaired) electrons. The van der Waals surface area contributed by atoms with Crippen molar-refractivity contribution in [3.05, 3.63) is 0 Å². The van der Waals surface area contributed by atoms with Gasteiger partial charge in [-0.1, -0.05) is 27.7 Å². The fraction of sp³-hybridized carbons (Fsp3) is 0.857. The predicted molar refractivity (Wildman–Crippen MR) is 73.8 cm³/mol. The number of carboxylic acids is 1. The molecule has 5 nitrogen and oxygen atoms in total. The Balaban J connectivity index is 2.68. The molecule has 5 heteroatoms. The summed E-state index contributed by atoms with van der Waals surface area (Å²) < 4.78 is 0. The van der Waals surface area contributed by atoms with Crippen LogP contribution in [-0.4, -0.2) is 35.6 Å². The third kappa shape index (κ3) is 4.49. The SMILES string of the molecule is CC(C)C(CC(=O)O)NC(=O)C1NCCCC1(C)C. The van der Waals surface area contributed by atoms with E-state index in [4.69, 9.17) is 5.11 Å². The number of piperidine rings is 1. The zero-order valence-electron chi connectivity index (χ0n) is 12.3. The van der Waals surface area contributed by atoms with Crippen molar-refractivity contribution < 1.29 is 14.7 Å². The highest BCUT2D eigenvalue weighted by atomic mass is 16.4. The Morgan fingerprint density at radius 3 is 2.53 bits per heavy atom. The molecule has 0 saturated carbocycles. The zero-order valence-corrected chi connectivity index (χ0v) is 12.3. The minimum Gasteiger partial charge on any atom is -0.481 e. The van der Waals surface area contributed by atoms with E-state index in [1.54, 1.807) is 0 Å². The highest BCUT2D eigenvalue weighted by Gasteiger charge is 2.38. The smallest absolute Gasteiger partial charge is 0.305 e. The van der Waals surface area contributed by atoms with E-state index in [2.05, 4.69) is 24.5 Å². The average molecular weight is 270 g/mol. The molecule has 110 valence electrons. The van der Waals surface area contributed by atoms with Gasteiger partial charge in [0.15, 0.2) is 0 Å². The van der Waals surface area contributed by atoms with Gasteiger partial charge in [-0.05, 0) is 30.7 Å². The first-order chi connectivity index (χ1) is 8.74. The van der Waals surface area contributed by atoms with Crippen LogP contribution >= 0.6 is 0 Å². The Bertz CT molecular complexity index is 340. The van der Waals surface area contributed by atoms with Crippen LogP contribution in [0.3, 0.4) is 0 Å². The Morgan fingerprint density at radius 2 is 2.05 bits per heavy atom. The quantitative estimate of drug-likeness (QED) is 0.705. The molecule has 1 saturated heterocycles. The molecule has 1 amide bonds. The van der Waals surface area contributed by atoms with Gasteiger partial charge in [0.1, 0.15) is 0 Å². The van der Waals surface area contributed by atoms with Gasteiger partial charge in [0, 0.05) is 6.04 Å². The van der Waals surface area contributed by atoms with E-state index in [-0.39, 0.29) is 35.7 Å². The van der Waals surface area contributed by atoms with Crippen LogP contribution in [0.1, 0.15) is 47.0 Å². The highest BCUT2D eigenvalue weighted by Crippen LogP contribution is 2.30. The van der Waals surface area contributed by atoms with Crippen molar-refractivity contribution in [2.24, 2.45) is 11.3 Å². The molecule has 3 N–H and O–H groups in total. The summed E-state index contributed by atoms with van der Waals surface area (Å²) >= 11 is 0. The van der Waals surface area contributed by atoms with Crippen LogP contribution in [0, 0.1) is 11.3 Å². The van der Waals surface area contributed by atoms with Crippen LogP contribution in [-0.2, 0) is 9.59 Å². The molecule has 1 fully saturated rings. The number of hydrogen-bond acceptors (Lipinski definition) is 3. The molecule has 1 aliphatic heterocycles. The summed E-state index contributed by atoms with van der Waals surface area (Å²) in [7, 11) is 0. The van der Waals surface area contributed by atoms with E-state index in [9.17, 15) is 9.59 Å². The summed E-state index contributed by atoms with van der Waals surface area (Å²) in [5, 5.41) is 15.0. The number of amides is 1. The molecule has 0 aromatic heterocycles. The number of carboxylic acid groups (broad SMARTS) is 1. The van der Waals surface area contributed by atoms with Gasteiger partial charge in [-0.2, -0.15) is 0 Å². The molecule has 2 atom stereocenters. The summed E-state index contributed by atoms with van der Waals surface area (Å²) in [6, 6.07) is -0.555. The van der Waals surface area contributed by atoms with Crippen molar-refractivity contribution in [3.63, 3.8) is 0 Å². The number of hydrogen-bond donors (Lipinski definition) is 3. The van der Waals surface area contributed by atoms with Gasteiger partial charge in [-0.25, -0.2) is 0 Å². The normalized spacial score (nSPS) is 23.9. The van der Waals surface area contributed by atoms with Gasteiger partial charge in [0.25, 0.3) is 0 Å². The second kappa shape index (κ2) is 6.37. The van der Waals surface area contributed by atoms with Gasteiger partial charge in [-0.3, -0.25) is 9.59 Å². The summed E-state index contributed by atoms with van der Waals surface area (Å²) in [4.78, 5) is 23.2. The average Bonchev–Trinajstić information content (AvgIpc) is 2.26. The molecule has 0 aromatic rings. The second-order valence-electron chi connectivity index (χ2n) is 6.44. The molecule has 0 bridgehead atoms. The van der Waals surface area contributed by atoms with Crippen molar-refractivity contribution in [2.45, 2.75) is 59.0 Å². The Morgan fingerprint density at radius 1 is 1.42 bits per heavy atom. The van der Waals surface area contributed by atoms with Crippen molar-refractivity contribution >= 4 is 11.9 Å². The minimum atomic E-state index is -0.880. The van der Waals surface area contributed by atoms with E-state index >= 15 is 0 Å². The fourth-order valence-corrected chi connectivity index (χ4v) is 2.57. The van der Waals surface area contributed by atoms with Gasteiger partial charge < -0.3 is 15.7 Å². The molecule has 2 unspecified atom stereocenters. The first-order valence-corrected chi connectivity index (χ1v) is 6.99. The third-order valence-electron chi connectivity index (χ3n) is 3.92. The van der Waals surface area contributed by atoms with Crippen molar-refractivity contribution in [3.8, 4) is 0 Å². The van der Waals surface area contributed by atoms with Crippen LogP contribution in [0.25, 0.3) is 0 Å². The summed E-state index contributed by atoms with van der Waals surface area (Å²) in [6.07, 6.45) is 2.04. The van der Waals surface area contributed by atoms with Crippen molar-refractivity contribution in [1.82, 2.24) is 10.6 Å². The standard InChI is InChI=1S/C14H26N2O3/c1-9(2)10(8-11(17)18)16-13(19)12-14(3,4)6-5-7-15-12/h9-10,12,15H,5-8H2,1-4H3,(H,16,19)(H,17,18). The number of carbonyl (C=O) groups is 2. The largest absolute Gasteiger partial charge is 0.481 e. The van der Waals surface area contributed by atoms with E-state index in [1.165, 1.54) is 0 Å². The van der Waals surface area contributed by atoms with Gasteiger partial charge in [0.2, 0.25) is 5.91 Å². The second-order valence-corrected chi connectivity index (χ2v) is 6.44. The lowest BCUT2D eigenvalue weighted by atomic mass is 9.77. The molecule has 1 rings (SSSR count). The number of aliphatic carboxylic acids is 1. The van der Waals surface area contributed by atoms with Crippen LogP contribution in [0.5, 0.6) is 0 Å². The molecule has 1 heterocycles. The van der Waals surface area contributed by atoms with E-state index in [0.717, 1.165) is 19.4 Å². The molecule has 0 aliphatic carbocycles. The lowest BCUT2D eigenvalue weighted by molar-refractivity contribution is -0.138. The number of nitrogens with one attached hydrogen (secondary N) is 2. The van der Waals surface area contributed by atoms with Gasteiger partial charge in [-0.15, -0.1) is 0 Å². The van der Waals surface area contributed by atoms with Crippen molar-refractivity contribution in [1.29, 1.82) is 0 Å². The molecule has 1 aliphatic rings. The Labute approximate surface area is 115 Å². The van der Waals surface area contributed by atoms with E-state index in [0.29, 0.717) is 0 Å². The van der Waals surface area contributed by atoms with Gasteiger partial charge >= 0.3 is 5.97 Å². The van der Waals surface area contributed by atoms with Crippen LogP contribution in [0.2, 0.25) is 0 Å². The minimum absolute atomic E-state index is 0.0312. The predicted octanol–water partition coefficient (Wildman–Crippen LogP) is 1.38. The Kier molecular flexibility index (Phi) is 5.35. The topological polar surface area (TPSA) is 78.4 Å². The number of rotatable bonds is 5. The lowest BCUT2D eigenvalue weighted by Crippen LogP contribution is -2.57. The van der Waals surface area contributed by atoms with Crippen LogP contribution in [0.15, 0.2) is 0 Å².